The van der Waals surface area contributed by atoms with Crippen LogP contribution in [0.1, 0.15) is 12.3 Å². The second-order valence-corrected chi connectivity index (χ2v) is 4.38. The van der Waals surface area contributed by atoms with Crippen molar-refractivity contribution >= 4 is 0 Å². The molecule has 0 unspecified atom stereocenters. The van der Waals surface area contributed by atoms with E-state index < -0.39 is 0 Å². The first-order valence-electron chi connectivity index (χ1n) is 6.41. The molecule has 1 aromatic carbocycles. The highest BCUT2D eigenvalue weighted by Gasteiger charge is 2.13. The molecule has 0 saturated carbocycles. The molecule has 0 amide bonds. The predicted octanol–water partition coefficient (Wildman–Crippen LogP) is 2.00. The lowest BCUT2D eigenvalue weighted by molar-refractivity contribution is 0.297. The standard InChI is InChI=1S/C14H16N2O3/c15-5-4-14-16-11(9-19-14)10-2-3-12-13(8-10)18-7-1-6-17-12/h2-3,8-9H,1,4-7,15H2. The molecular weight excluding hydrogens is 244 g/mol. The molecule has 1 aliphatic rings. The lowest BCUT2D eigenvalue weighted by Crippen LogP contribution is -2.02. The molecule has 0 saturated heterocycles. The Morgan fingerprint density at radius 2 is 2.00 bits per heavy atom. The van der Waals surface area contributed by atoms with Gasteiger partial charge in [-0.3, -0.25) is 0 Å². The van der Waals surface area contributed by atoms with E-state index in [1.807, 2.05) is 18.2 Å². The SMILES string of the molecule is NCCc1nc(-c2ccc3c(c2)OCCCO3)co1. The van der Waals surface area contributed by atoms with E-state index in [1.165, 1.54) is 0 Å². The molecule has 0 fully saturated rings. The first-order valence-corrected chi connectivity index (χ1v) is 6.41. The van der Waals surface area contributed by atoms with Gasteiger partial charge in [-0.2, -0.15) is 0 Å². The largest absolute Gasteiger partial charge is 0.490 e. The quantitative estimate of drug-likeness (QED) is 0.914. The second-order valence-electron chi connectivity index (χ2n) is 4.38. The van der Waals surface area contributed by atoms with Gasteiger partial charge in [-0.1, -0.05) is 0 Å². The van der Waals surface area contributed by atoms with Gasteiger partial charge in [-0.25, -0.2) is 4.98 Å². The summed E-state index contributed by atoms with van der Waals surface area (Å²) in [5, 5.41) is 0. The van der Waals surface area contributed by atoms with Crippen molar-refractivity contribution in [1.29, 1.82) is 0 Å². The fraction of sp³-hybridized carbons (Fsp3) is 0.357. The van der Waals surface area contributed by atoms with Crippen LogP contribution in [-0.4, -0.2) is 24.7 Å². The van der Waals surface area contributed by atoms with E-state index >= 15 is 0 Å². The molecule has 2 heterocycles. The normalized spacial score (nSPS) is 14.2. The number of hydrogen-bond acceptors (Lipinski definition) is 5. The highest BCUT2D eigenvalue weighted by atomic mass is 16.5. The maximum Gasteiger partial charge on any atom is 0.195 e. The van der Waals surface area contributed by atoms with Gasteiger partial charge in [0, 0.05) is 24.9 Å². The minimum absolute atomic E-state index is 0.529. The Labute approximate surface area is 111 Å². The van der Waals surface area contributed by atoms with Gasteiger partial charge in [0.15, 0.2) is 17.4 Å². The number of nitrogens with zero attached hydrogens (tertiary/aromatic N) is 1. The van der Waals surface area contributed by atoms with Crippen LogP contribution in [0.4, 0.5) is 0 Å². The molecular formula is C14H16N2O3. The average molecular weight is 260 g/mol. The molecule has 0 radical (unpaired) electrons. The minimum Gasteiger partial charge on any atom is -0.490 e. The molecule has 5 heteroatoms. The van der Waals surface area contributed by atoms with Crippen molar-refractivity contribution in [2.24, 2.45) is 5.73 Å². The summed E-state index contributed by atoms with van der Waals surface area (Å²) in [7, 11) is 0. The van der Waals surface area contributed by atoms with Gasteiger partial charge in [-0.15, -0.1) is 0 Å². The van der Waals surface area contributed by atoms with Crippen molar-refractivity contribution in [1.82, 2.24) is 4.98 Å². The highest BCUT2D eigenvalue weighted by Crippen LogP contribution is 2.33. The lowest BCUT2D eigenvalue weighted by Gasteiger charge is -2.07. The Morgan fingerprint density at radius 3 is 2.84 bits per heavy atom. The zero-order valence-corrected chi connectivity index (χ0v) is 10.6. The van der Waals surface area contributed by atoms with Gasteiger partial charge in [-0.05, 0) is 18.2 Å². The summed E-state index contributed by atoms with van der Waals surface area (Å²) >= 11 is 0. The molecule has 5 nitrogen and oxygen atoms in total. The van der Waals surface area contributed by atoms with Crippen molar-refractivity contribution < 1.29 is 13.9 Å². The van der Waals surface area contributed by atoms with E-state index in [0.29, 0.717) is 32.1 Å². The molecule has 3 rings (SSSR count). The third kappa shape index (κ3) is 2.56. The maximum atomic E-state index is 5.66. The molecule has 0 spiro atoms. The van der Waals surface area contributed by atoms with Gasteiger partial charge < -0.3 is 19.6 Å². The van der Waals surface area contributed by atoms with E-state index in [2.05, 4.69) is 4.98 Å². The number of aromatic nitrogens is 1. The number of rotatable bonds is 3. The number of hydrogen-bond donors (Lipinski definition) is 1. The van der Waals surface area contributed by atoms with E-state index in [9.17, 15) is 0 Å². The molecule has 1 aromatic heterocycles. The van der Waals surface area contributed by atoms with E-state index in [0.717, 1.165) is 29.2 Å². The zero-order chi connectivity index (χ0) is 13.1. The van der Waals surface area contributed by atoms with Crippen molar-refractivity contribution in [2.75, 3.05) is 19.8 Å². The summed E-state index contributed by atoms with van der Waals surface area (Å²) in [4.78, 5) is 4.40. The Hall–Kier alpha value is -2.01. The van der Waals surface area contributed by atoms with Crippen LogP contribution in [0, 0.1) is 0 Å². The van der Waals surface area contributed by atoms with Gasteiger partial charge in [0.1, 0.15) is 12.0 Å². The van der Waals surface area contributed by atoms with Crippen molar-refractivity contribution in [3.05, 3.63) is 30.4 Å². The fourth-order valence-corrected chi connectivity index (χ4v) is 2.00. The fourth-order valence-electron chi connectivity index (χ4n) is 2.00. The van der Waals surface area contributed by atoms with Crippen LogP contribution in [0.25, 0.3) is 11.3 Å². The molecule has 100 valence electrons. The zero-order valence-electron chi connectivity index (χ0n) is 10.6. The topological polar surface area (TPSA) is 70.5 Å². The minimum atomic E-state index is 0.529. The lowest BCUT2D eigenvalue weighted by atomic mass is 10.1. The Morgan fingerprint density at radius 1 is 1.16 bits per heavy atom. The summed E-state index contributed by atoms with van der Waals surface area (Å²) < 4.78 is 16.6. The van der Waals surface area contributed by atoms with Crippen LogP contribution in [0.15, 0.2) is 28.9 Å². The Bertz CT molecular complexity index is 566. The van der Waals surface area contributed by atoms with Gasteiger partial charge in [0.2, 0.25) is 0 Å². The summed E-state index contributed by atoms with van der Waals surface area (Å²) in [5.74, 6) is 2.20. The third-order valence-corrected chi connectivity index (χ3v) is 2.95. The molecule has 0 atom stereocenters. The van der Waals surface area contributed by atoms with E-state index in [1.54, 1.807) is 6.26 Å². The van der Waals surface area contributed by atoms with Crippen LogP contribution >= 0.6 is 0 Å². The molecule has 1 aliphatic heterocycles. The van der Waals surface area contributed by atoms with Crippen LogP contribution in [0.3, 0.4) is 0 Å². The van der Waals surface area contributed by atoms with Crippen molar-refractivity contribution in [3.8, 4) is 22.8 Å². The molecule has 2 aromatic rings. The van der Waals surface area contributed by atoms with Gasteiger partial charge in [0.25, 0.3) is 0 Å². The maximum absolute atomic E-state index is 5.66. The first kappa shape index (κ1) is 12.0. The van der Waals surface area contributed by atoms with E-state index in [-0.39, 0.29) is 0 Å². The summed E-state index contributed by atoms with van der Waals surface area (Å²) in [6, 6.07) is 5.80. The number of fused-ring (bicyclic) bond motifs is 1. The highest BCUT2D eigenvalue weighted by molar-refractivity contribution is 5.63. The van der Waals surface area contributed by atoms with E-state index in [4.69, 9.17) is 19.6 Å². The Kier molecular flexibility index (Phi) is 3.37. The summed E-state index contributed by atoms with van der Waals surface area (Å²) in [6.07, 6.45) is 3.18. The number of ether oxygens (including phenoxy) is 2. The smallest absolute Gasteiger partial charge is 0.195 e. The molecule has 19 heavy (non-hydrogen) atoms. The van der Waals surface area contributed by atoms with Crippen molar-refractivity contribution in [2.45, 2.75) is 12.8 Å². The molecule has 0 aliphatic carbocycles. The van der Waals surface area contributed by atoms with Gasteiger partial charge >= 0.3 is 0 Å². The van der Waals surface area contributed by atoms with Crippen LogP contribution in [0.2, 0.25) is 0 Å². The average Bonchev–Trinajstić information content (AvgIpc) is 2.76. The monoisotopic (exact) mass is 260 g/mol. The predicted molar refractivity (Wildman–Crippen MR) is 70.3 cm³/mol. The number of benzene rings is 1. The molecule has 2 N–H and O–H groups in total. The van der Waals surface area contributed by atoms with Crippen molar-refractivity contribution in [3.63, 3.8) is 0 Å². The molecule has 0 bridgehead atoms. The Balaban J connectivity index is 1.89. The van der Waals surface area contributed by atoms with Gasteiger partial charge in [0.05, 0.1) is 13.2 Å². The van der Waals surface area contributed by atoms with Crippen LogP contribution in [-0.2, 0) is 6.42 Å². The second kappa shape index (κ2) is 5.32. The third-order valence-electron chi connectivity index (χ3n) is 2.95. The number of oxazole rings is 1. The summed E-state index contributed by atoms with van der Waals surface area (Å²) in [5.41, 5.74) is 7.23. The number of nitrogens with two attached hydrogens (primary N) is 1. The van der Waals surface area contributed by atoms with Crippen LogP contribution < -0.4 is 15.2 Å². The van der Waals surface area contributed by atoms with Crippen LogP contribution in [0.5, 0.6) is 11.5 Å². The summed E-state index contributed by atoms with van der Waals surface area (Å²) in [6.45, 7) is 1.89. The first-order chi connectivity index (χ1) is 9.36.